The van der Waals surface area contributed by atoms with Crippen LogP contribution in [0.5, 0.6) is 0 Å². The molecule has 0 aromatic heterocycles. The second-order valence-electron chi connectivity index (χ2n) is 10.1. The van der Waals surface area contributed by atoms with Crippen molar-refractivity contribution in [1.29, 1.82) is 0 Å². The maximum absolute atomic E-state index is 13.2. The summed E-state index contributed by atoms with van der Waals surface area (Å²) in [6.07, 6.45) is -4.12. The lowest BCUT2D eigenvalue weighted by molar-refractivity contribution is -0.168. The van der Waals surface area contributed by atoms with Gasteiger partial charge in [-0.1, -0.05) is 74.5 Å². The Balaban J connectivity index is 2.11. The van der Waals surface area contributed by atoms with Gasteiger partial charge in [-0.15, -0.1) is 0 Å². The number of esters is 2. The molecule has 0 aliphatic heterocycles. The molecular weight excluding hydrogens is 532 g/mol. The van der Waals surface area contributed by atoms with Crippen LogP contribution in [0.2, 0.25) is 0 Å². The van der Waals surface area contributed by atoms with Gasteiger partial charge in [0, 0.05) is 7.05 Å². The molecule has 11 heteroatoms. The molecule has 0 saturated carbocycles. The van der Waals surface area contributed by atoms with Gasteiger partial charge in [-0.25, -0.2) is 0 Å². The summed E-state index contributed by atoms with van der Waals surface area (Å²) in [7, 11) is 1.35. The average Bonchev–Trinajstić information content (AvgIpc) is 2.94. The molecule has 0 unspecified atom stereocenters. The van der Waals surface area contributed by atoms with Gasteiger partial charge in [-0.3, -0.25) is 24.0 Å². The Bertz CT molecular complexity index is 1190. The highest BCUT2D eigenvalue weighted by molar-refractivity contribution is 5.92. The smallest absolute Gasteiger partial charge is 0.325 e. The van der Waals surface area contributed by atoms with E-state index in [-0.39, 0.29) is 6.42 Å². The lowest BCUT2D eigenvalue weighted by Gasteiger charge is -2.30. The number of benzene rings is 2. The van der Waals surface area contributed by atoms with Gasteiger partial charge >= 0.3 is 17.9 Å². The molecule has 5 atom stereocenters. The predicted molar refractivity (Wildman–Crippen MR) is 148 cm³/mol. The predicted octanol–water partition coefficient (Wildman–Crippen LogP) is 2.79. The Morgan fingerprint density at radius 3 is 1.83 bits per heavy atom. The van der Waals surface area contributed by atoms with Gasteiger partial charge in [0.1, 0.15) is 18.2 Å². The molecule has 3 N–H and O–H groups in total. The molecule has 2 rings (SSSR count). The molecule has 2 aromatic carbocycles. The van der Waals surface area contributed by atoms with Crippen LogP contribution < -0.4 is 5.32 Å². The molecule has 0 spiro atoms. The first-order valence-electron chi connectivity index (χ1n) is 13.3. The molecule has 0 aliphatic rings. The average molecular weight is 571 g/mol. The maximum atomic E-state index is 13.2. The third-order valence-corrected chi connectivity index (χ3v) is 6.49. The number of rotatable bonds is 14. The van der Waals surface area contributed by atoms with Gasteiger partial charge < -0.3 is 29.9 Å². The minimum atomic E-state index is -1.26. The molecule has 11 nitrogen and oxygen atoms in total. The second-order valence-corrected chi connectivity index (χ2v) is 10.1. The van der Waals surface area contributed by atoms with Crippen LogP contribution in [0.15, 0.2) is 60.7 Å². The Hall–Kier alpha value is -4.25. The zero-order valence-electron chi connectivity index (χ0n) is 23.9. The van der Waals surface area contributed by atoms with Crippen molar-refractivity contribution in [2.75, 3.05) is 7.05 Å². The van der Waals surface area contributed by atoms with Crippen molar-refractivity contribution in [3.63, 3.8) is 0 Å². The Morgan fingerprint density at radius 2 is 1.32 bits per heavy atom. The number of likely N-dealkylation sites (N-methyl/N-ethyl adjacent to an activating group) is 1. The Morgan fingerprint density at radius 1 is 0.805 bits per heavy atom. The van der Waals surface area contributed by atoms with E-state index in [1.165, 1.54) is 20.9 Å². The number of nitrogens with zero attached hydrogens (tertiary/aromatic N) is 1. The largest absolute Gasteiger partial charge is 0.480 e. The summed E-state index contributed by atoms with van der Waals surface area (Å²) < 4.78 is 11.1. The van der Waals surface area contributed by atoms with Crippen LogP contribution in [-0.2, 0) is 33.4 Å². The van der Waals surface area contributed by atoms with Gasteiger partial charge in [-0.2, -0.15) is 0 Å². The number of carboxylic acids is 1. The Kier molecular flexibility index (Phi) is 12.5. The fourth-order valence-corrected chi connectivity index (χ4v) is 3.83. The SMILES string of the molecule is CC(C)[C@H](OC(=O)C[C@H](OC(=O)C[C@H](O)c1ccccc1)c1ccccc1)C(=O)N(C)[C@@H](C)C(=O)N[C@@H](C)C(=O)O. The highest BCUT2D eigenvalue weighted by Gasteiger charge is 2.35. The maximum Gasteiger partial charge on any atom is 0.325 e. The summed E-state index contributed by atoms with van der Waals surface area (Å²) in [4.78, 5) is 63.6. The van der Waals surface area contributed by atoms with Crippen LogP contribution in [0.3, 0.4) is 0 Å². The molecule has 41 heavy (non-hydrogen) atoms. The fourth-order valence-electron chi connectivity index (χ4n) is 3.83. The summed E-state index contributed by atoms with van der Waals surface area (Å²) in [6.45, 7) is 6.06. The van der Waals surface area contributed by atoms with Crippen LogP contribution in [0.4, 0.5) is 0 Å². The van der Waals surface area contributed by atoms with Gasteiger partial charge in [0.15, 0.2) is 6.10 Å². The van der Waals surface area contributed by atoms with E-state index in [1.807, 2.05) is 0 Å². The van der Waals surface area contributed by atoms with E-state index in [2.05, 4.69) is 5.32 Å². The number of hydrogen-bond donors (Lipinski definition) is 3. The molecule has 2 aromatic rings. The van der Waals surface area contributed by atoms with Crippen LogP contribution in [0.25, 0.3) is 0 Å². The van der Waals surface area contributed by atoms with Crippen LogP contribution in [0, 0.1) is 5.92 Å². The summed E-state index contributed by atoms with van der Waals surface area (Å²) >= 11 is 0. The number of nitrogens with one attached hydrogen (secondary N) is 1. The number of carbonyl (C=O) groups is 5. The number of ether oxygens (including phenoxy) is 2. The van der Waals surface area contributed by atoms with Gasteiger partial charge in [0.05, 0.1) is 18.9 Å². The molecule has 0 heterocycles. The zero-order chi connectivity index (χ0) is 30.7. The van der Waals surface area contributed by atoms with E-state index < -0.39 is 72.5 Å². The Labute approximate surface area is 239 Å². The van der Waals surface area contributed by atoms with Crippen molar-refractivity contribution in [3.05, 3.63) is 71.8 Å². The highest BCUT2D eigenvalue weighted by atomic mass is 16.6. The lowest BCUT2D eigenvalue weighted by Crippen LogP contribution is -2.53. The monoisotopic (exact) mass is 570 g/mol. The van der Waals surface area contributed by atoms with Crippen molar-refractivity contribution >= 4 is 29.7 Å². The van der Waals surface area contributed by atoms with Crippen molar-refractivity contribution in [2.45, 2.75) is 70.9 Å². The van der Waals surface area contributed by atoms with E-state index >= 15 is 0 Å². The summed E-state index contributed by atoms with van der Waals surface area (Å²) in [5, 5.41) is 21.7. The first-order valence-corrected chi connectivity index (χ1v) is 13.3. The number of carbonyl (C=O) groups excluding carboxylic acids is 4. The minimum absolute atomic E-state index is 0.333. The number of aliphatic carboxylic acids is 1. The quantitative estimate of drug-likeness (QED) is 0.290. The van der Waals surface area contributed by atoms with E-state index in [1.54, 1.807) is 74.5 Å². The highest BCUT2D eigenvalue weighted by Crippen LogP contribution is 2.26. The molecule has 0 fully saturated rings. The van der Waals surface area contributed by atoms with E-state index in [9.17, 15) is 29.1 Å². The van der Waals surface area contributed by atoms with E-state index in [4.69, 9.17) is 14.6 Å². The number of hydrogen-bond acceptors (Lipinski definition) is 8. The second kappa shape index (κ2) is 15.5. The van der Waals surface area contributed by atoms with E-state index in [0.29, 0.717) is 11.1 Å². The standard InChI is InChI=1S/C30H38N2O9/c1-18(2)27(29(37)32(5)20(4)28(36)31-19(3)30(38)39)41-26(35)17-24(22-14-10-7-11-15-22)40-25(34)16-23(33)21-12-8-6-9-13-21/h6-15,18-20,23-24,27,33H,16-17H2,1-5H3,(H,31,36)(H,38,39)/t19-,20-,23-,24-,27-/m0/s1. The topological polar surface area (TPSA) is 160 Å². The molecule has 0 aliphatic carbocycles. The first kappa shape index (κ1) is 33.0. The van der Waals surface area contributed by atoms with Crippen molar-refractivity contribution in [3.8, 4) is 0 Å². The van der Waals surface area contributed by atoms with Gasteiger partial charge in [0.25, 0.3) is 5.91 Å². The normalized spacial score (nSPS) is 14.6. The number of carboxylic acid groups (broad SMARTS) is 1. The fraction of sp³-hybridized carbons (Fsp3) is 0.433. The van der Waals surface area contributed by atoms with Gasteiger partial charge in [0.2, 0.25) is 5.91 Å². The van der Waals surface area contributed by atoms with Gasteiger partial charge in [-0.05, 0) is 30.9 Å². The number of aliphatic hydroxyl groups is 1. The van der Waals surface area contributed by atoms with Crippen LogP contribution >= 0.6 is 0 Å². The molecule has 2 amide bonds. The summed E-state index contributed by atoms with van der Waals surface area (Å²) in [5.41, 5.74) is 1.07. The van der Waals surface area contributed by atoms with Crippen molar-refractivity contribution < 1.29 is 43.7 Å². The molecule has 0 saturated heterocycles. The third kappa shape index (κ3) is 10.0. The summed E-state index contributed by atoms with van der Waals surface area (Å²) in [6, 6.07) is 15.0. The molecular formula is C30H38N2O9. The lowest BCUT2D eigenvalue weighted by atomic mass is 10.0. The number of amides is 2. The van der Waals surface area contributed by atoms with E-state index in [0.717, 1.165) is 4.90 Å². The molecule has 222 valence electrons. The number of aliphatic hydroxyl groups excluding tert-OH is 1. The zero-order valence-corrected chi connectivity index (χ0v) is 23.9. The van der Waals surface area contributed by atoms with Crippen LogP contribution in [-0.4, -0.2) is 70.1 Å². The third-order valence-electron chi connectivity index (χ3n) is 6.49. The minimum Gasteiger partial charge on any atom is -0.480 e. The molecule has 0 bridgehead atoms. The van der Waals surface area contributed by atoms with Crippen molar-refractivity contribution in [2.24, 2.45) is 5.92 Å². The van der Waals surface area contributed by atoms with Crippen LogP contribution in [0.1, 0.15) is 63.9 Å². The first-order chi connectivity index (χ1) is 19.3. The molecule has 0 radical (unpaired) electrons. The van der Waals surface area contributed by atoms with Crippen molar-refractivity contribution in [1.82, 2.24) is 10.2 Å². The summed E-state index contributed by atoms with van der Waals surface area (Å²) in [5.74, 6) is -4.57.